The van der Waals surface area contributed by atoms with Gasteiger partial charge >= 0.3 is 0 Å². The molecule has 0 saturated carbocycles. The number of amides is 1. The highest BCUT2D eigenvalue weighted by Gasteiger charge is 2.26. The summed E-state index contributed by atoms with van der Waals surface area (Å²) in [5.41, 5.74) is 0.862. The van der Waals surface area contributed by atoms with Crippen LogP contribution in [0.4, 0.5) is 10.2 Å². The van der Waals surface area contributed by atoms with Gasteiger partial charge in [-0.1, -0.05) is 12.1 Å². The molecule has 1 fully saturated rings. The van der Waals surface area contributed by atoms with E-state index in [1.807, 2.05) is 29.6 Å². The van der Waals surface area contributed by atoms with E-state index in [1.54, 1.807) is 35.3 Å². The fourth-order valence-corrected chi connectivity index (χ4v) is 3.95. The Morgan fingerprint density at radius 1 is 1.10 bits per heavy atom. The predicted octanol–water partition coefficient (Wildman–Crippen LogP) is 3.46. The van der Waals surface area contributed by atoms with Crippen LogP contribution in [-0.2, 0) is 4.79 Å². The standard InChI is InChI=1S/C21H21FN4O2S/c1-15(28-17-5-2-4-16(22)14-17)21(27)26-11-9-25(10-12-26)20-8-7-18(23-24-20)19-6-3-13-29-19/h2-8,13-15H,9-12H2,1H3. The lowest BCUT2D eigenvalue weighted by Crippen LogP contribution is -2.52. The summed E-state index contributed by atoms with van der Waals surface area (Å²) >= 11 is 1.63. The summed E-state index contributed by atoms with van der Waals surface area (Å²) in [6.07, 6.45) is -0.673. The van der Waals surface area contributed by atoms with Crippen LogP contribution in [0.3, 0.4) is 0 Å². The first-order valence-electron chi connectivity index (χ1n) is 9.44. The minimum Gasteiger partial charge on any atom is -0.481 e. The van der Waals surface area contributed by atoms with Gasteiger partial charge in [-0.2, -0.15) is 0 Å². The quantitative estimate of drug-likeness (QED) is 0.642. The first kappa shape index (κ1) is 19.3. The molecule has 0 bridgehead atoms. The van der Waals surface area contributed by atoms with E-state index in [-0.39, 0.29) is 11.7 Å². The number of carbonyl (C=O) groups is 1. The van der Waals surface area contributed by atoms with Crippen LogP contribution in [0.2, 0.25) is 0 Å². The van der Waals surface area contributed by atoms with Crippen molar-refractivity contribution in [3.05, 3.63) is 59.7 Å². The van der Waals surface area contributed by atoms with Gasteiger partial charge < -0.3 is 14.5 Å². The summed E-state index contributed by atoms with van der Waals surface area (Å²) in [5.74, 6) is 0.669. The van der Waals surface area contributed by atoms with E-state index in [0.29, 0.717) is 31.9 Å². The molecule has 0 radical (unpaired) electrons. The van der Waals surface area contributed by atoms with E-state index < -0.39 is 6.10 Å². The smallest absolute Gasteiger partial charge is 0.263 e. The van der Waals surface area contributed by atoms with Gasteiger partial charge in [0, 0.05) is 32.2 Å². The Kier molecular flexibility index (Phi) is 5.71. The van der Waals surface area contributed by atoms with Crippen LogP contribution in [0.15, 0.2) is 53.9 Å². The van der Waals surface area contributed by atoms with Crippen LogP contribution in [0, 0.1) is 5.82 Å². The molecule has 1 aromatic carbocycles. The molecule has 1 aliphatic heterocycles. The third-order valence-corrected chi connectivity index (χ3v) is 5.69. The number of rotatable bonds is 5. The molecule has 4 rings (SSSR count). The molecule has 29 heavy (non-hydrogen) atoms. The van der Waals surface area contributed by atoms with Crippen molar-refractivity contribution in [2.75, 3.05) is 31.1 Å². The number of thiophene rings is 1. The summed E-state index contributed by atoms with van der Waals surface area (Å²) in [6.45, 7) is 4.18. The van der Waals surface area contributed by atoms with Crippen LogP contribution in [0.1, 0.15) is 6.92 Å². The molecule has 1 unspecified atom stereocenters. The number of aromatic nitrogens is 2. The minimum atomic E-state index is -0.673. The van der Waals surface area contributed by atoms with Gasteiger partial charge in [0.15, 0.2) is 11.9 Å². The summed E-state index contributed by atoms with van der Waals surface area (Å²) in [4.78, 5) is 17.6. The van der Waals surface area contributed by atoms with Gasteiger partial charge in [0.1, 0.15) is 17.3 Å². The van der Waals surface area contributed by atoms with Gasteiger partial charge in [0.05, 0.1) is 4.88 Å². The Hall–Kier alpha value is -3.00. The van der Waals surface area contributed by atoms with Crippen molar-refractivity contribution < 1.29 is 13.9 Å². The van der Waals surface area contributed by atoms with Gasteiger partial charge in [-0.05, 0) is 42.6 Å². The fourth-order valence-electron chi connectivity index (χ4n) is 3.26. The number of halogens is 1. The summed E-state index contributed by atoms with van der Waals surface area (Å²) < 4.78 is 18.9. The number of hydrogen-bond acceptors (Lipinski definition) is 6. The molecule has 0 aliphatic carbocycles. The molecule has 0 N–H and O–H groups in total. The molecule has 3 heterocycles. The third-order valence-electron chi connectivity index (χ3n) is 4.80. The monoisotopic (exact) mass is 412 g/mol. The summed E-state index contributed by atoms with van der Waals surface area (Å²) in [7, 11) is 0. The number of hydrogen-bond donors (Lipinski definition) is 0. The Balaban J connectivity index is 1.32. The molecule has 3 aromatic rings. The first-order valence-corrected chi connectivity index (χ1v) is 10.3. The maximum Gasteiger partial charge on any atom is 0.263 e. The van der Waals surface area contributed by atoms with Gasteiger partial charge in [-0.25, -0.2) is 4.39 Å². The molecule has 1 atom stereocenters. The molecule has 0 spiro atoms. The number of piperazine rings is 1. The Labute approximate surface area is 172 Å². The van der Waals surface area contributed by atoms with Crippen molar-refractivity contribution in [2.45, 2.75) is 13.0 Å². The number of ether oxygens (including phenoxy) is 1. The van der Waals surface area contributed by atoms with E-state index in [9.17, 15) is 9.18 Å². The van der Waals surface area contributed by atoms with Crippen molar-refractivity contribution in [2.24, 2.45) is 0 Å². The van der Waals surface area contributed by atoms with Crippen molar-refractivity contribution in [3.8, 4) is 16.3 Å². The zero-order chi connectivity index (χ0) is 20.2. The third kappa shape index (κ3) is 4.54. The second kappa shape index (κ2) is 8.57. The van der Waals surface area contributed by atoms with E-state index in [0.717, 1.165) is 16.4 Å². The van der Waals surface area contributed by atoms with Crippen LogP contribution in [0.25, 0.3) is 10.6 Å². The van der Waals surface area contributed by atoms with Crippen LogP contribution in [0.5, 0.6) is 5.75 Å². The molecular formula is C21H21FN4O2S. The van der Waals surface area contributed by atoms with Gasteiger partial charge in [0.2, 0.25) is 0 Å². The molecule has 1 aliphatic rings. The molecule has 6 nitrogen and oxygen atoms in total. The molecule has 150 valence electrons. The summed E-state index contributed by atoms with van der Waals surface area (Å²) in [6, 6.07) is 13.8. The Morgan fingerprint density at radius 2 is 1.93 bits per heavy atom. The van der Waals surface area contributed by atoms with Crippen molar-refractivity contribution in [1.29, 1.82) is 0 Å². The van der Waals surface area contributed by atoms with Gasteiger partial charge in [0.25, 0.3) is 5.91 Å². The maximum atomic E-state index is 13.3. The lowest BCUT2D eigenvalue weighted by molar-refractivity contribution is -0.138. The number of nitrogens with zero attached hydrogens (tertiary/aromatic N) is 4. The van der Waals surface area contributed by atoms with Gasteiger partial charge in [-0.15, -0.1) is 21.5 Å². The molecule has 2 aromatic heterocycles. The van der Waals surface area contributed by atoms with Crippen molar-refractivity contribution >= 4 is 23.1 Å². The maximum absolute atomic E-state index is 13.3. The average Bonchev–Trinajstić information content (AvgIpc) is 3.28. The van der Waals surface area contributed by atoms with E-state index >= 15 is 0 Å². The van der Waals surface area contributed by atoms with Crippen LogP contribution >= 0.6 is 11.3 Å². The topological polar surface area (TPSA) is 58.6 Å². The normalized spacial score (nSPS) is 15.2. The fraction of sp³-hybridized carbons (Fsp3) is 0.286. The Bertz CT molecular complexity index is 957. The summed E-state index contributed by atoms with van der Waals surface area (Å²) in [5, 5.41) is 10.7. The highest BCUT2D eigenvalue weighted by molar-refractivity contribution is 7.13. The highest BCUT2D eigenvalue weighted by Crippen LogP contribution is 2.23. The highest BCUT2D eigenvalue weighted by atomic mass is 32.1. The lowest BCUT2D eigenvalue weighted by Gasteiger charge is -2.36. The molecule has 1 amide bonds. The van der Waals surface area contributed by atoms with Crippen LogP contribution in [-0.4, -0.2) is 53.3 Å². The number of carbonyl (C=O) groups excluding carboxylic acids is 1. The zero-order valence-electron chi connectivity index (χ0n) is 16.0. The second-order valence-electron chi connectivity index (χ2n) is 6.78. The number of benzene rings is 1. The first-order chi connectivity index (χ1) is 14.1. The van der Waals surface area contributed by atoms with Gasteiger partial charge in [-0.3, -0.25) is 4.79 Å². The van der Waals surface area contributed by atoms with Crippen molar-refractivity contribution in [1.82, 2.24) is 15.1 Å². The SMILES string of the molecule is CC(Oc1cccc(F)c1)C(=O)N1CCN(c2ccc(-c3cccs3)nn2)CC1. The van der Waals surface area contributed by atoms with E-state index in [2.05, 4.69) is 15.1 Å². The second-order valence-corrected chi connectivity index (χ2v) is 7.73. The average molecular weight is 412 g/mol. The predicted molar refractivity (Wildman–Crippen MR) is 111 cm³/mol. The van der Waals surface area contributed by atoms with E-state index in [4.69, 9.17) is 4.74 Å². The molecular weight excluding hydrogens is 391 g/mol. The Morgan fingerprint density at radius 3 is 2.59 bits per heavy atom. The number of anilines is 1. The zero-order valence-corrected chi connectivity index (χ0v) is 16.8. The lowest BCUT2D eigenvalue weighted by atomic mass is 10.2. The minimum absolute atomic E-state index is 0.104. The van der Waals surface area contributed by atoms with E-state index in [1.165, 1.54) is 12.1 Å². The van der Waals surface area contributed by atoms with Crippen molar-refractivity contribution in [3.63, 3.8) is 0 Å². The molecule has 1 saturated heterocycles. The molecule has 8 heteroatoms. The largest absolute Gasteiger partial charge is 0.481 e. The van der Waals surface area contributed by atoms with Crippen LogP contribution < -0.4 is 9.64 Å².